The maximum atomic E-state index is 12.3. The fraction of sp³-hybridized carbons (Fsp3) is 1.00. The summed E-state index contributed by atoms with van der Waals surface area (Å²) in [5, 5.41) is 0. The first-order valence-electron chi connectivity index (χ1n) is 5.90. The maximum Gasteiger partial charge on any atom is 0.384 e. The van der Waals surface area contributed by atoms with E-state index in [2.05, 4.69) is 0 Å². The standard InChI is InChI=1S/C6H17NO12P4/c8-20(9,10)3-7(4-21(11,12)13,5-22(14,15)16)6-23(17)18-1-2-19-23/h1-6H2,(H5-,8,9,10,11,12,13,14,15,16)/p+1. The second kappa shape index (κ2) is 7.05. The van der Waals surface area contributed by atoms with Gasteiger partial charge in [-0.2, -0.15) is 0 Å². The third-order valence-corrected chi connectivity index (χ3v) is 7.59. The monoisotopic (exact) mass is 420 g/mol. The Balaban J connectivity index is 3.31. The van der Waals surface area contributed by atoms with Crippen LogP contribution in [0.3, 0.4) is 0 Å². The van der Waals surface area contributed by atoms with Gasteiger partial charge in [-0.05, 0) is 0 Å². The average Bonchev–Trinajstić information content (AvgIpc) is 2.53. The van der Waals surface area contributed by atoms with Gasteiger partial charge in [0, 0.05) is 0 Å². The maximum absolute atomic E-state index is 12.3. The summed E-state index contributed by atoms with van der Waals surface area (Å²) in [6.07, 6.45) is -5.03. The minimum absolute atomic E-state index is 0.126. The molecule has 0 atom stereocenters. The third-order valence-electron chi connectivity index (χ3n) is 2.59. The topological polar surface area (TPSA) is 208 Å². The zero-order valence-corrected chi connectivity index (χ0v) is 15.2. The Morgan fingerprint density at radius 2 is 1.09 bits per heavy atom. The summed E-state index contributed by atoms with van der Waals surface area (Å²) < 4.78 is 54.3. The van der Waals surface area contributed by atoms with E-state index in [0.717, 1.165) is 0 Å². The minimum Gasteiger partial charge on any atom is -0.321 e. The molecule has 0 bridgehead atoms. The van der Waals surface area contributed by atoms with Crippen molar-refractivity contribution in [2.45, 2.75) is 0 Å². The van der Waals surface area contributed by atoms with E-state index in [1.165, 1.54) is 0 Å². The second-order valence-corrected chi connectivity index (χ2v) is 12.0. The van der Waals surface area contributed by atoms with E-state index in [-0.39, 0.29) is 13.2 Å². The van der Waals surface area contributed by atoms with Crippen molar-refractivity contribution in [3.8, 4) is 0 Å². The van der Waals surface area contributed by atoms with Crippen LogP contribution in [0.15, 0.2) is 0 Å². The van der Waals surface area contributed by atoms with Crippen molar-refractivity contribution in [3.63, 3.8) is 0 Å². The molecule has 6 N–H and O–H groups in total. The summed E-state index contributed by atoms with van der Waals surface area (Å²) in [6.45, 7) is -0.252. The van der Waals surface area contributed by atoms with Crippen LogP contribution in [0.25, 0.3) is 0 Å². The predicted molar refractivity (Wildman–Crippen MR) is 75.4 cm³/mol. The van der Waals surface area contributed by atoms with Crippen molar-refractivity contribution < 1.29 is 61.2 Å². The van der Waals surface area contributed by atoms with Crippen LogP contribution in [0.2, 0.25) is 0 Å². The van der Waals surface area contributed by atoms with Crippen LogP contribution in [0.1, 0.15) is 0 Å². The molecular weight excluding hydrogens is 402 g/mol. The zero-order valence-electron chi connectivity index (χ0n) is 11.6. The molecule has 23 heavy (non-hydrogen) atoms. The molecule has 138 valence electrons. The van der Waals surface area contributed by atoms with Gasteiger partial charge in [-0.1, -0.05) is 0 Å². The molecule has 0 spiro atoms. The molecule has 0 saturated carbocycles. The number of hydrogen-bond donors (Lipinski definition) is 6. The molecule has 0 radical (unpaired) electrons. The Bertz CT molecular complexity index is 545. The van der Waals surface area contributed by atoms with Crippen molar-refractivity contribution in [1.29, 1.82) is 0 Å². The number of rotatable bonds is 8. The number of quaternary nitrogens is 1. The molecule has 17 heteroatoms. The second-order valence-electron chi connectivity index (χ2n) is 5.18. The van der Waals surface area contributed by atoms with Gasteiger partial charge < -0.3 is 38.4 Å². The molecule has 0 unspecified atom stereocenters. The van der Waals surface area contributed by atoms with Gasteiger partial charge in [0.05, 0.1) is 13.2 Å². The Morgan fingerprint density at radius 1 is 0.783 bits per heavy atom. The molecule has 0 amide bonds. The van der Waals surface area contributed by atoms with Gasteiger partial charge in [0.1, 0.15) is 0 Å². The summed E-state index contributed by atoms with van der Waals surface area (Å²) in [4.78, 5) is 54.7. The van der Waals surface area contributed by atoms with Crippen LogP contribution in [-0.4, -0.2) is 72.2 Å². The van der Waals surface area contributed by atoms with Crippen LogP contribution >= 0.6 is 30.4 Å². The Kier molecular flexibility index (Phi) is 6.62. The van der Waals surface area contributed by atoms with Crippen molar-refractivity contribution in [2.75, 3.05) is 38.4 Å². The first kappa shape index (κ1) is 21.6. The highest BCUT2D eigenvalue weighted by Crippen LogP contribution is 2.59. The molecule has 1 rings (SSSR count). The summed E-state index contributed by atoms with van der Waals surface area (Å²) in [7, 11) is -19.0. The lowest BCUT2D eigenvalue weighted by Crippen LogP contribution is -2.50. The van der Waals surface area contributed by atoms with E-state index in [1.807, 2.05) is 0 Å². The van der Waals surface area contributed by atoms with E-state index >= 15 is 0 Å². The van der Waals surface area contributed by atoms with Crippen molar-refractivity contribution in [3.05, 3.63) is 0 Å². The average molecular weight is 420 g/mol. The zero-order chi connectivity index (χ0) is 18.2. The lowest BCUT2D eigenvalue weighted by Gasteiger charge is -2.38. The molecule has 1 fully saturated rings. The third kappa shape index (κ3) is 8.47. The summed E-state index contributed by atoms with van der Waals surface area (Å²) in [5.41, 5.74) is 0. The molecule has 0 aliphatic carbocycles. The normalized spacial score (nSPS) is 19.9. The Morgan fingerprint density at radius 3 is 1.35 bits per heavy atom. The van der Waals surface area contributed by atoms with E-state index < -0.39 is 60.0 Å². The Hall–Kier alpha value is 0.560. The van der Waals surface area contributed by atoms with Crippen molar-refractivity contribution >= 4 is 30.4 Å². The predicted octanol–water partition coefficient (Wildman–Crippen LogP) is -0.594. The molecule has 1 aliphatic rings. The summed E-state index contributed by atoms with van der Waals surface area (Å²) in [5.74, 6) is 0. The van der Waals surface area contributed by atoms with Gasteiger partial charge in [0.25, 0.3) is 0 Å². The van der Waals surface area contributed by atoms with Crippen molar-refractivity contribution in [2.24, 2.45) is 0 Å². The summed E-state index contributed by atoms with van der Waals surface area (Å²) >= 11 is 0. The molecule has 0 aromatic rings. The summed E-state index contributed by atoms with van der Waals surface area (Å²) in [6, 6.07) is 0. The lowest BCUT2D eigenvalue weighted by atomic mass is 10.7. The van der Waals surface area contributed by atoms with Crippen LogP contribution < -0.4 is 0 Å². The minimum atomic E-state index is -4.99. The molecule has 1 aliphatic heterocycles. The van der Waals surface area contributed by atoms with Gasteiger partial charge in [-0.25, -0.2) is 0 Å². The van der Waals surface area contributed by atoms with E-state index in [4.69, 9.17) is 38.4 Å². The van der Waals surface area contributed by atoms with Gasteiger partial charge in [0.15, 0.2) is 25.1 Å². The molecule has 0 aromatic heterocycles. The van der Waals surface area contributed by atoms with Gasteiger partial charge in [0.2, 0.25) is 0 Å². The number of hydrogen-bond acceptors (Lipinski definition) is 6. The highest BCUT2D eigenvalue weighted by Gasteiger charge is 2.51. The first-order chi connectivity index (χ1) is 10.0. The van der Waals surface area contributed by atoms with Crippen LogP contribution in [0.4, 0.5) is 0 Å². The lowest BCUT2D eigenvalue weighted by molar-refractivity contribution is -0.887. The van der Waals surface area contributed by atoms with Gasteiger partial charge in [-0.15, -0.1) is 0 Å². The molecular formula is C6H18NO12P4+. The molecule has 13 nitrogen and oxygen atoms in total. The highest BCUT2D eigenvalue weighted by atomic mass is 31.2. The molecule has 0 aromatic carbocycles. The van der Waals surface area contributed by atoms with E-state index in [9.17, 15) is 18.3 Å². The largest absolute Gasteiger partial charge is 0.384 e. The molecule has 1 heterocycles. The van der Waals surface area contributed by atoms with Crippen LogP contribution in [0, 0.1) is 0 Å². The van der Waals surface area contributed by atoms with Crippen LogP contribution in [0.5, 0.6) is 0 Å². The molecule has 1 saturated heterocycles. The fourth-order valence-electron chi connectivity index (χ4n) is 2.28. The van der Waals surface area contributed by atoms with E-state index in [0.29, 0.717) is 0 Å². The first-order valence-corrected chi connectivity index (χ1v) is 13.0. The quantitative estimate of drug-likeness (QED) is 0.215. The number of nitrogens with zero attached hydrogens (tertiary/aromatic N) is 1. The van der Waals surface area contributed by atoms with Gasteiger partial charge in [-0.3, -0.25) is 22.7 Å². The van der Waals surface area contributed by atoms with Crippen molar-refractivity contribution in [1.82, 2.24) is 0 Å². The fourth-order valence-corrected chi connectivity index (χ4v) is 8.45. The van der Waals surface area contributed by atoms with Gasteiger partial charge >= 0.3 is 30.4 Å². The smallest absolute Gasteiger partial charge is 0.321 e. The highest BCUT2D eigenvalue weighted by molar-refractivity contribution is 7.55. The Labute approximate surface area is 130 Å². The van der Waals surface area contributed by atoms with E-state index in [1.54, 1.807) is 0 Å². The van der Waals surface area contributed by atoms with Crippen LogP contribution in [-0.2, 0) is 27.3 Å². The SMILES string of the molecule is O=P(O)(O)C[N+](CP(=O)(O)O)(CP(=O)(O)O)CP1(=O)OCCO1.